The van der Waals surface area contributed by atoms with E-state index in [1.165, 1.54) is 18.3 Å². The molecule has 1 unspecified atom stereocenters. The highest BCUT2D eigenvalue weighted by Crippen LogP contribution is 2.36. The number of urea groups is 1. The first-order valence-electron chi connectivity index (χ1n) is 9.32. The van der Waals surface area contributed by atoms with Crippen molar-refractivity contribution in [2.24, 2.45) is 11.7 Å². The zero-order valence-electron chi connectivity index (χ0n) is 16.7. The number of amides is 3. The summed E-state index contributed by atoms with van der Waals surface area (Å²) >= 11 is 5.59. The van der Waals surface area contributed by atoms with Gasteiger partial charge >= 0.3 is 12.2 Å². The number of anilines is 1. The van der Waals surface area contributed by atoms with Crippen molar-refractivity contribution in [3.05, 3.63) is 76.4 Å². The molecular weight excluding hydrogens is 449 g/mol. The Kier molecular flexibility index (Phi) is 6.73. The fourth-order valence-corrected chi connectivity index (χ4v) is 3.17. The average Bonchev–Trinajstić information content (AvgIpc) is 2.71. The van der Waals surface area contributed by atoms with Crippen LogP contribution in [-0.2, 0) is 6.18 Å². The van der Waals surface area contributed by atoms with Crippen LogP contribution >= 0.6 is 11.6 Å². The van der Waals surface area contributed by atoms with Gasteiger partial charge in [0, 0.05) is 36.0 Å². The van der Waals surface area contributed by atoms with Crippen LogP contribution in [0.25, 0.3) is 0 Å². The lowest BCUT2D eigenvalue weighted by molar-refractivity contribution is -0.137. The van der Waals surface area contributed by atoms with Crippen LogP contribution in [-0.4, -0.2) is 16.9 Å². The number of aromatic nitrogens is 1. The van der Waals surface area contributed by atoms with Crippen molar-refractivity contribution in [3.8, 4) is 5.75 Å². The van der Waals surface area contributed by atoms with Crippen molar-refractivity contribution in [1.82, 2.24) is 10.3 Å². The number of rotatable bonds is 5. The third kappa shape index (κ3) is 5.79. The fraction of sp³-hybridized carbons (Fsp3) is 0.190. The van der Waals surface area contributed by atoms with E-state index < -0.39 is 28.7 Å². The van der Waals surface area contributed by atoms with Crippen LogP contribution in [0.4, 0.5) is 23.7 Å². The van der Waals surface area contributed by atoms with E-state index >= 15 is 0 Å². The lowest BCUT2D eigenvalue weighted by atomic mass is 9.97. The minimum Gasteiger partial charge on any atom is -0.462 e. The molecule has 1 atom stereocenters. The van der Waals surface area contributed by atoms with E-state index in [2.05, 4.69) is 15.6 Å². The van der Waals surface area contributed by atoms with E-state index in [-0.39, 0.29) is 17.3 Å². The molecule has 1 aromatic carbocycles. The predicted molar refractivity (Wildman–Crippen MR) is 112 cm³/mol. The van der Waals surface area contributed by atoms with Crippen molar-refractivity contribution < 1.29 is 27.5 Å². The number of benzene rings is 1. The summed E-state index contributed by atoms with van der Waals surface area (Å²) < 4.78 is 44.7. The molecule has 1 aromatic heterocycles. The fourth-order valence-electron chi connectivity index (χ4n) is 2.94. The number of nitrogens with zero attached hydrogens (tertiary/aromatic N) is 1. The molecule has 168 valence electrons. The normalized spacial score (nSPS) is 16.0. The molecule has 0 radical (unpaired) electrons. The third-order valence-corrected chi connectivity index (χ3v) is 4.84. The number of allylic oxidation sites excluding steroid dienone is 4. The van der Waals surface area contributed by atoms with Crippen molar-refractivity contribution in [2.45, 2.75) is 19.5 Å². The summed E-state index contributed by atoms with van der Waals surface area (Å²) in [5.74, 6) is 0.131. The monoisotopic (exact) mass is 466 g/mol. The number of nitrogens with two attached hydrogens (primary N) is 1. The van der Waals surface area contributed by atoms with Gasteiger partial charge in [0.25, 0.3) is 5.91 Å². The Bertz CT molecular complexity index is 1120. The number of carbonyl (C=O) groups excluding carboxylic acids is 2. The first-order chi connectivity index (χ1) is 15.0. The molecule has 7 nitrogen and oxygen atoms in total. The van der Waals surface area contributed by atoms with Gasteiger partial charge in [0.15, 0.2) is 0 Å². The van der Waals surface area contributed by atoms with Crippen molar-refractivity contribution >= 4 is 29.2 Å². The van der Waals surface area contributed by atoms with Gasteiger partial charge in [-0.2, -0.15) is 13.2 Å². The molecule has 0 spiro atoms. The average molecular weight is 467 g/mol. The van der Waals surface area contributed by atoms with E-state index in [0.717, 1.165) is 12.1 Å². The number of primary amides is 1. The number of ether oxygens (including phenoxy) is 1. The maximum atomic E-state index is 13.0. The van der Waals surface area contributed by atoms with Crippen LogP contribution in [0.1, 0.15) is 29.4 Å². The molecule has 3 amide bonds. The van der Waals surface area contributed by atoms with Crippen LogP contribution < -0.4 is 21.1 Å². The first-order valence-corrected chi connectivity index (χ1v) is 9.70. The van der Waals surface area contributed by atoms with Crippen LogP contribution in [0.3, 0.4) is 0 Å². The second-order valence-electron chi connectivity index (χ2n) is 6.97. The van der Waals surface area contributed by atoms with E-state index in [9.17, 15) is 22.8 Å². The maximum Gasteiger partial charge on any atom is 0.417 e. The van der Waals surface area contributed by atoms with Gasteiger partial charge in [-0.15, -0.1) is 0 Å². The van der Waals surface area contributed by atoms with Crippen molar-refractivity contribution in [1.29, 1.82) is 0 Å². The van der Waals surface area contributed by atoms with Gasteiger partial charge in [-0.05, 0) is 36.4 Å². The van der Waals surface area contributed by atoms with Gasteiger partial charge in [-0.1, -0.05) is 18.5 Å². The lowest BCUT2D eigenvalue weighted by Gasteiger charge is -2.22. The maximum absolute atomic E-state index is 13.0. The zero-order chi connectivity index (χ0) is 23.5. The summed E-state index contributed by atoms with van der Waals surface area (Å²) in [6, 6.07) is 5.40. The highest BCUT2D eigenvalue weighted by Gasteiger charge is 2.33. The third-order valence-electron chi connectivity index (χ3n) is 4.51. The number of halogens is 4. The highest BCUT2D eigenvalue weighted by molar-refractivity contribution is 6.31. The molecule has 1 aliphatic rings. The molecule has 0 bridgehead atoms. The molecule has 0 aliphatic heterocycles. The van der Waals surface area contributed by atoms with Gasteiger partial charge in [0.05, 0.1) is 10.6 Å². The number of nitrogens with one attached hydrogen (secondary N) is 2. The van der Waals surface area contributed by atoms with Gasteiger partial charge in [0.1, 0.15) is 17.2 Å². The molecule has 1 aliphatic carbocycles. The van der Waals surface area contributed by atoms with Crippen LogP contribution in [0.15, 0.2) is 60.1 Å². The Morgan fingerprint density at radius 2 is 1.94 bits per heavy atom. The first kappa shape index (κ1) is 23.1. The minimum absolute atomic E-state index is 0.0502. The second-order valence-corrected chi connectivity index (χ2v) is 7.38. The quantitative estimate of drug-likeness (QED) is 0.585. The Hall–Kier alpha value is -3.53. The Morgan fingerprint density at radius 1 is 1.19 bits per heavy atom. The number of hydrogen-bond donors (Lipinski definition) is 3. The van der Waals surface area contributed by atoms with Crippen molar-refractivity contribution in [3.63, 3.8) is 0 Å². The largest absolute Gasteiger partial charge is 0.462 e. The predicted octanol–water partition coefficient (Wildman–Crippen LogP) is 4.86. The molecule has 11 heteroatoms. The Morgan fingerprint density at radius 3 is 2.59 bits per heavy atom. The molecule has 3 rings (SSSR count). The summed E-state index contributed by atoms with van der Waals surface area (Å²) in [7, 11) is 0. The van der Waals surface area contributed by atoms with Gasteiger partial charge in [0.2, 0.25) is 0 Å². The molecule has 0 saturated carbocycles. The SMILES string of the molecule is CC1CC(Oc2ccnc(C(N)=O)c2)=CC=C1NC(=O)Nc1ccc(Cl)c(C(F)(F)F)c1. The van der Waals surface area contributed by atoms with Crippen LogP contribution in [0.5, 0.6) is 5.75 Å². The van der Waals surface area contributed by atoms with Crippen molar-refractivity contribution in [2.75, 3.05) is 5.32 Å². The van der Waals surface area contributed by atoms with E-state index in [1.54, 1.807) is 18.2 Å². The summed E-state index contributed by atoms with van der Waals surface area (Å²) in [4.78, 5) is 27.3. The zero-order valence-corrected chi connectivity index (χ0v) is 17.4. The van der Waals surface area contributed by atoms with E-state index in [4.69, 9.17) is 22.1 Å². The summed E-state index contributed by atoms with van der Waals surface area (Å²) in [6.45, 7) is 1.84. The molecule has 0 fully saturated rings. The number of carbonyl (C=O) groups is 2. The van der Waals surface area contributed by atoms with Gasteiger partial charge < -0.3 is 21.1 Å². The lowest BCUT2D eigenvalue weighted by Crippen LogP contribution is -2.31. The molecule has 0 saturated heterocycles. The van der Waals surface area contributed by atoms with Gasteiger partial charge in [-0.3, -0.25) is 9.78 Å². The topological polar surface area (TPSA) is 106 Å². The Labute approximate surface area is 186 Å². The van der Waals surface area contributed by atoms with Gasteiger partial charge in [-0.25, -0.2) is 4.79 Å². The minimum atomic E-state index is -4.64. The van der Waals surface area contributed by atoms with Crippen LogP contribution in [0.2, 0.25) is 5.02 Å². The second kappa shape index (κ2) is 9.31. The van der Waals surface area contributed by atoms with E-state index in [1.807, 2.05) is 6.92 Å². The molecule has 1 heterocycles. The smallest absolute Gasteiger partial charge is 0.417 e. The molecule has 2 aromatic rings. The summed E-state index contributed by atoms with van der Waals surface area (Å²) in [5.41, 5.74) is 4.73. The van der Waals surface area contributed by atoms with E-state index in [0.29, 0.717) is 23.6 Å². The molecule has 4 N–H and O–H groups in total. The summed E-state index contributed by atoms with van der Waals surface area (Å²) in [6.07, 6.45) is 0.460. The number of hydrogen-bond acceptors (Lipinski definition) is 4. The summed E-state index contributed by atoms with van der Waals surface area (Å²) in [5, 5.41) is 4.53. The number of pyridine rings is 1. The number of alkyl halides is 3. The highest BCUT2D eigenvalue weighted by atomic mass is 35.5. The van der Waals surface area contributed by atoms with Crippen LogP contribution in [0, 0.1) is 5.92 Å². The standard InChI is InChI=1S/C21H18ClF3N4O3/c1-11-8-13(32-14-6-7-27-18(10-14)19(26)30)3-5-17(11)29-20(31)28-12-2-4-16(22)15(9-12)21(23,24)25/h2-7,9-11H,8H2,1H3,(H2,26,30)(H2,28,29,31). The Balaban J connectivity index is 1.66. The molecule has 32 heavy (non-hydrogen) atoms. The molecular formula is C21H18ClF3N4O3.